The lowest BCUT2D eigenvalue weighted by atomic mass is 10.1. The van der Waals surface area contributed by atoms with Gasteiger partial charge in [0, 0.05) is 25.7 Å². The Hall–Kier alpha value is -2.89. The van der Waals surface area contributed by atoms with Gasteiger partial charge in [-0.15, -0.1) is 0 Å². The lowest BCUT2D eigenvalue weighted by molar-refractivity contribution is -0.120. The van der Waals surface area contributed by atoms with Gasteiger partial charge < -0.3 is 14.6 Å². The van der Waals surface area contributed by atoms with Crippen LogP contribution in [0.25, 0.3) is 11.2 Å². The summed E-state index contributed by atoms with van der Waals surface area (Å²) in [5.41, 5.74) is 2.71. The first kappa shape index (κ1) is 17.0. The standard InChI is InChI=1S/C19H22N4O2/c1-3-23-17(22-16-8-5-10-21-19(16)23)9-11-20-18(24)13-14-6-4-7-15(12-14)25-2/h4-8,10,12H,3,9,11,13H2,1-2H3,(H,20,24). The van der Waals surface area contributed by atoms with Gasteiger partial charge in [0.1, 0.15) is 17.1 Å². The van der Waals surface area contributed by atoms with Gasteiger partial charge in [-0.2, -0.15) is 0 Å². The van der Waals surface area contributed by atoms with Crippen molar-refractivity contribution in [2.24, 2.45) is 0 Å². The minimum absolute atomic E-state index is 0.00876. The third-order valence-corrected chi connectivity index (χ3v) is 4.07. The van der Waals surface area contributed by atoms with E-state index in [1.165, 1.54) is 0 Å². The van der Waals surface area contributed by atoms with Gasteiger partial charge in [-0.25, -0.2) is 9.97 Å². The summed E-state index contributed by atoms with van der Waals surface area (Å²) in [6, 6.07) is 11.4. The van der Waals surface area contributed by atoms with Crippen LogP contribution in [0.1, 0.15) is 18.3 Å². The maximum Gasteiger partial charge on any atom is 0.224 e. The maximum absolute atomic E-state index is 12.1. The molecular formula is C19H22N4O2. The van der Waals surface area contributed by atoms with Gasteiger partial charge in [0.05, 0.1) is 13.5 Å². The van der Waals surface area contributed by atoms with Crippen LogP contribution in [0.15, 0.2) is 42.6 Å². The van der Waals surface area contributed by atoms with Crippen LogP contribution in [-0.2, 0) is 24.2 Å². The van der Waals surface area contributed by atoms with Gasteiger partial charge in [-0.1, -0.05) is 12.1 Å². The Morgan fingerprint density at radius 2 is 2.16 bits per heavy atom. The van der Waals surface area contributed by atoms with Gasteiger partial charge in [-0.05, 0) is 36.8 Å². The van der Waals surface area contributed by atoms with E-state index in [0.717, 1.165) is 34.8 Å². The fourth-order valence-corrected chi connectivity index (χ4v) is 2.87. The van der Waals surface area contributed by atoms with Gasteiger partial charge in [0.25, 0.3) is 0 Å². The number of fused-ring (bicyclic) bond motifs is 1. The predicted octanol–water partition coefficient (Wildman–Crippen LogP) is 2.36. The van der Waals surface area contributed by atoms with E-state index in [9.17, 15) is 4.79 Å². The molecular weight excluding hydrogens is 316 g/mol. The zero-order chi connectivity index (χ0) is 17.6. The molecule has 3 rings (SSSR count). The SMILES string of the molecule is CCn1c(CCNC(=O)Cc2cccc(OC)c2)nc2cccnc21. The first-order valence-electron chi connectivity index (χ1n) is 8.41. The van der Waals surface area contributed by atoms with E-state index in [4.69, 9.17) is 4.74 Å². The number of pyridine rings is 1. The lowest BCUT2D eigenvalue weighted by Gasteiger charge is -2.08. The van der Waals surface area contributed by atoms with Crippen molar-refractivity contribution in [3.05, 3.63) is 54.0 Å². The molecule has 0 unspecified atom stereocenters. The van der Waals surface area contributed by atoms with E-state index in [0.29, 0.717) is 19.4 Å². The van der Waals surface area contributed by atoms with Crippen molar-refractivity contribution in [3.63, 3.8) is 0 Å². The second-order valence-corrected chi connectivity index (χ2v) is 5.75. The second kappa shape index (κ2) is 7.79. The molecule has 0 aliphatic heterocycles. The quantitative estimate of drug-likeness (QED) is 0.718. The van der Waals surface area contributed by atoms with Crippen molar-refractivity contribution in [2.75, 3.05) is 13.7 Å². The van der Waals surface area contributed by atoms with E-state index in [1.807, 2.05) is 36.4 Å². The van der Waals surface area contributed by atoms with Gasteiger partial charge in [0.2, 0.25) is 5.91 Å². The maximum atomic E-state index is 12.1. The molecule has 3 aromatic rings. The number of rotatable bonds is 7. The number of aromatic nitrogens is 3. The van der Waals surface area contributed by atoms with E-state index >= 15 is 0 Å². The van der Waals surface area contributed by atoms with Crippen LogP contribution in [0.2, 0.25) is 0 Å². The summed E-state index contributed by atoms with van der Waals surface area (Å²) in [4.78, 5) is 21.1. The smallest absolute Gasteiger partial charge is 0.224 e. The van der Waals surface area contributed by atoms with Crippen molar-refractivity contribution >= 4 is 17.1 Å². The number of hydrogen-bond donors (Lipinski definition) is 1. The molecule has 0 saturated heterocycles. The highest BCUT2D eigenvalue weighted by atomic mass is 16.5. The van der Waals surface area contributed by atoms with Crippen molar-refractivity contribution in [1.29, 1.82) is 0 Å². The molecule has 6 nitrogen and oxygen atoms in total. The number of imidazole rings is 1. The number of methoxy groups -OCH3 is 1. The first-order valence-corrected chi connectivity index (χ1v) is 8.41. The van der Waals surface area contributed by atoms with E-state index in [1.54, 1.807) is 13.3 Å². The molecule has 0 bridgehead atoms. The average Bonchev–Trinajstić information content (AvgIpc) is 2.99. The number of aryl methyl sites for hydroxylation is 1. The Balaban J connectivity index is 1.58. The summed E-state index contributed by atoms with van der Waals surface area (Å²) in [5, 5.41) is 2.96. The predicted molar refractivity (Wildman–Crippen MR) is 96.6 cm³/mol. The fraction of sp³-hybridized carbons (Fsp3) is 0.316. The van der Waals surface area contributed by atoms with Gasteiger partial charge in [-0.3, -0.25) is 4.79 Å². The number of amides is 1. The summed E-state index contributed by atoms with van der Waals surface area (Å²) in [6.45, 7) is 3.42. The van der Waals surface area contributed by atoms with Crippen LogP contribution in [0, 0.1) is 0 Å². The molecule has 0 aliphatic rings. The molecule has 0 spiro atoms. The van der Waals surface area contributed by atoms with E-state index in [-0.39, 0.29) is 5.91 Å². The molecule has 1 N–H and O–H groups in total. The van der Waals surface area contributed by atoms with Crippen LogP contribution in [0.5, 0.6) is 5.75 Å². The first-order chi connectivity index (χ1) is 12.2. The normalized spacial score (nSPS) is 10.8. The molecule has 0 atom stereocenters. The average molecular weight is 338 g/mol. The summed E-state index contributed by atoms with van der Waals surface area (Å²) in [5.74, 6) is 1.69. The number of ether oxygens (including phenoxy) is 1. The minimum Gasteiger partial charge on any atom is -0.497 e. The lowest BCUT2D eigenvalue weighted by Crippen LogP contribution is -2.28. The minimum atomic E-state index is -0.00876. The summed E-state index contributed by atoms with van der Waals surface area (Å²) < 4.78 is 7.27. The number of nitrogens with zero attached hydrogens (tertiary/aromatic N) is 3. The molecule has 25 heavy (non-hydrogen) atoms. The molecule has 0 radical (unpaired) electrons. The van der Waals surface area contributed by atoms with Crippen molar-refractivity contribution in [1.82, 2.24) is 19.9 Å². The zero-order valence-electron chi connectivity index (χ0n) is 14.5. The number of carbonyl (C=O) groups excluding carboxylic acids is 1. The summed E-state index contributed by atoms with van der Waals surface area (Å²) >= 11 is 0. The Morgan fingerprint density at radius 3 is 2.96 bits per heavy atom. The molecule has 0 aliphatic carbocycles. The number of nitrogens with one attached hydrogen (secondary N) is 1. The third kappa shape index (κ3) is 3.96. The molecule has 1 aromatic carbocycles. The second-order valence-electron chi connectivity index (χ2n) is 5.75. The van der Waals surface area contributed by atoms with Crippen molar-refractivity contribution in [3.8, 4) is 5.75 Å². The number of benzene rings is 1. The zero-order valence-corrected chi connectivity index (χ0v) is 14.5. The molecule has 130 valence electrons. The highest BCUT2D eigenvalue weighted by Gasteiger charge is 2.10. The molecule has 6 heteroatoms. The number of carbonyl (C=O) groups is 1. The van der Waals surface area contributed by atoms with Gasteiger partial charge >= 0.3 is 0 Å². The molecule has 2 aromatic heterocycles. The van der Waals surface area contributed by atoms with Crippen LogP contribution in [0.3, 0.4) is 0 Å². The molecule has 1 amide bonds. The van der Waals surface area contributed by atoms with Crippen LogP contribution in [-0.4, -0.2) is 34.1 Å². The highest BCUT2D eigenvalue weighted by Crippen LogP contribution is 2.14. The highest BCUT2D eigenvalue weighted by molar-refractivity contribution is 5.78. The molecule has 2 heterocycles. The summed E-state index contributed by atoms with van der Waals surface area (Å²) in [6.07, 6.45) is 2.78. The Bertz CT molecular complexity index is 873. The van der Waals surface area contributed by atoms with Crippen LogP contribution < -0.4 is 10.1 Å². The Morgan fingerprint density at radius 1 is 1.28 bits per heavy atom. The molecule has 0 saturated carbocycles. The largest absolute Gasteiger partial charge is 0.497 e. The fourth-order valence-electron chi connectivity index (χ4n) is 2.87. The monoisotopic (exact) mass is 338 g/mol. The van der Waals surface area contributed by atoms with Crippen LogP contribution >= 0.6 is 0 Å². The van der Waals surface area contributed by atoms with E-state index in [2.05, 4.69) is 26.8 Å². The van der Waals surface area contributed by atoms with E-state index < -0.39 is 0 Å². The summed E-state index contributed by atoms with van der Waals surface area (Å²) in [7, 11) is 1.62. The topological polar surface area (TPSA) is 69.0 Å². The third-order valence-electron chi connectivity index (χ3n) is 4.07. The van der Waals surface area contributed by atoms with Crippen molar-refractivity contribution < 1.29 is 9.53 Å². The Kier molecular flexibility index (Phi) is 5.28. The van der Waals surface area contributed by atoms with Crippen molar-refractivity contribution in [2.45, 2.75) is 26.3 Å². The van der Waals surface area contributed by atoms with Crippen LogP contribution in [0.4, 0.5) is 0 Å². The molecule has 0 fully saturated rings. The number of hydrogen-bond acceptors (Lipinski definition) is 4. The Labute approximate surface area is 146 Å². The van der Waals surface area contributed by atoms with Gasteiger partial charge in [0.15, 0.2) is 5.65 Å².